The van der Waals surface area contributed by atoms with Gasteiger partial charge in [-0.3, -0.25) is 5.41 Å². The molecule has 5 nitrogen and oxygen atoms in total. The van der Waals surface area contributed by atoms with Gasteiger partial charge in [-0.25, -0.2) is 0 Å². The van der Waals surface area contributed by atoms with E-state index in [-0.39, 0.29) is 5.84 Å². The highest BCUT2D eigenvalue weighted by atomic mass is 16.3. The van der Waals surface area contributed by atoms with Crippen molar-refractivity contribution >= 4 is 66.4 Å². The van der Waals surface area contributed by atoms with Crippen LogP contribution in [0.25, 0.3) is 60.6 Å². The van der Waals surface area contributed by atoms with Crippen LogP contribution >= 0.6 is 0 Å². The second-order valence-corrected chi connectivity index (χ2v) is 14.5. The van der Waals surface area contributed by atoms with Gasteiger partial charge >= 0.3 is 0 Å². The summed E-state index contributed by atoms with van der Waals surface area (Å²) in [4.78, 5) is 2.08. The summed E-state index contributed by atoms with van der Waals surface area (Å²) in [5, 5.41) is 12.4. The fourth-order valence-corrected chi connectivity index (χ4v) is 7.22. The maximum atomic E-state index is 7.89. The molecule has 0 aliphatic heterocycles. The van der Waals surface area contributed by atoms with Gasteiger partial charge in [-0.1, -0.05) is 165 Å². The number of allylic oxidation sites excluding steroid dienone is 11. The molecule has 0 atom stereocenters. The van der Waals surface area contributed by atoms with Crippen LogP contribution in [-0.4, -0.2) is 24.5 Å². The third-order valence-corrected chi connectivity index (χ3v) is 9.98. The number of nitrogens with two attached hydrogens (primary N) is 1. The highest BCUT2D eigenvalue weighted by Gasteiger charge is 2.18. The Morgan fingerprint density at radius 2 is 1.31 bits per heavy atom. The number of fused-ring (bicyclic) bond motifs is 6. The van der Waals surface area contributed by atoms with Crippen molar-refractivity contribution in [1.29, 1.82) is 5.41 Å². The summed E-state index contributed by atoms with van der Waals surface area (Å²) in [5.74, 6) is -0.0130. The summed E-state index contributed by atoms with van der Waals surface area (Å²) >= 11 is 0. The van der Waals surface area contributed by atoms with Crippen molar-refractivity contribution < 1.29 is 4.42 Å². The average Bonchev–Trinajstić information content (AvgIpc) is 3.85. The summed E-state index contributed by atoms with van der Waals surface area (Å²) in [6.07, 6.45) is 22.1. The number of anilines is 1. The molecule has 304 valence electrons. The number of benzene rings is 6. The van der Waals surface area contributed by atoms with E-state index in [1.165, 1.54) is 18.2 Å². The van der Waals surface area contributed by atoms with Gasteiger partial charge < -0.3 is 19.6 Å². The first-order valence-corrected chi connectivity index (χ1v) is 20.5. The summed E-state index contributed by atoms with van der Waals surface area (Å²) in [6, 6.07) is 49.7. The molecule has 0 radical (unpaired) electrons. The summed E-state index contributed by atoms with van der Waals surface area (Å²) in [7, 11) is 4.05. The van der Waals surface area contributed by atoms with Crippen molar-refractivity contribution in [2.75, 3.05) is 19.0 Å². The smallest absolute Gasteiger partial charge is 0.159 e. The fraction of sp³-hybridized carbons (Fsp3) is 0.0893. The Morgan fingerprint density at radius 3 is 1.90 bits per heavy atom. The molecular weight excluding hydrogens is 745 g/mol. The van der Waals surface area contributed by atoms with Gasteiger partial charge in [0.05, 0.1) is 16.7 Å². The standard InChI is InChI=1S/C39H32N4O.C6H8.C6H6.C5H8/c1-25(29-19-20-32-31-14-8-10-16-36(31)44-39(32)38(29)42(2)3)23-26(18-22-37(40)41)27-17-21-35-33(24-27)30-13-7-9-15-34(30)43(35)28-11-5-4-6-12-28;2*1-2-4-6-5-3-1;1-3-5-4-2/h4-24H,1H2,2-3H3,(H3,40,41);1-4H,5-6H2;1-6H;3-5H,1H2,2H3/b22-18?,26-23+;;;5-4-. The molecule has 6 aromatic carbocycles. The second kappa shape index (κ2) is 21.4. The molecule has 0 saturated carbocycles. The van der Waals surface area contributed by atoms with E-state index in [0.29, 0.717) is 0 Å². The lowest BCUT2D eigenvalue weighted by Gasteiger charge is -2.18. The van der Waals surface area contributed by atoms with Crippen LogP contribution in [0.3, 0.4) is 0 Å². The minimum atomic E-state index is -0.0130. The Hall–Kier alpha value is -7.63. The highest BCUT2D eigenvalue weighted by Crippen LogP contribution is 2.40. The van der Waals surface area contributed by atoms with Crippen LogP contribution in [0, 0.1) is 5.41 Å². The second-order valence-electron chi connectivity index (χ2n) is 14.5. The topological polar surface area (TPSA) is 71.2 Å². The van der Waals surface area contributed by atoms with Crippen LogP contribution < -0.4 is 10.6 Å². The minimum Gasteiger partial charge on any atom is -0.454 e. The predicted octanol–water partition coefficient (Wildman–Crippen LogP) is 14.7. The number of para-hydroxylation sites is 3. The Morgan fingerprint density at radius 1 is 0.705 bits per heavy atom. The van der Waals surface area contributed by atoms with E-state index in [2.05, 4.69) is 138 Å². The van der Waals surface area contributed by atoms with Crippen LogP contribution in [0.4, 0.5) is 5.69 Å². The number of rotatable bonds is 8. The number of amidine groups is 1. The first-order valence-electron chi connectivity index (χ1n) is 20.5. The molecule has 0 bridgehead atoms. The summed E-state index contributed by atoms with van der Waals surface area (Å²) < 4.78 is 8.67. The van der Waals surface area contributed by atoms with E-state index in [4.69, 9.17) is 15.6 Å². The lowest BCUT2D eigenvalue weighted by atomic mass is 9.96. The van der Waals surface area contributed by atoms with Crippen LogP contribution in [0.2, 0.25) is 0 Å². The molecule has 3 N–H and O–H groups in total. The Labute approximate surface area is 360 Å². The largest absolute Gasteiger partial charge is 0.454 e. The van der Waals surface area contributed by atoms with Crippen molar-refractivity contribution in [1.82, 2.24) is 4.57 Å². The molecule has 61 heavy (non-hydrogen) atoms. The molecular formula is C56H54N4O. The van der Waals surface area contributed by atoms with E-state index < -0.39 is 0 Å². The first kappa shape index (κ1) is 43.0. The lowest BCUT2D eigenvalue weighted by molar-refractivity contribution is 0.668. The third-order valence-electron chi connectivity index (χ3n) is 9.98. The number of hydrogen-bond acceptors (Lipinski definition) is 3. The number of furan rings is 1. The molecule has 1 aliphatic carbocycles. The summed E-state index contributed by atoms with van der Waals surface area (Å²) in [5.41, 5.74) is 15.5. The fourth-order valence-electron chi connectivity index (χ4n) is 7.22. The summed E-state index contributed by atoms with van der Waals surface area (Å²) in [6.45, 7) is 9.93. The SMILES string of the molecule is C1=CCCC=C1.C=C(/C=C(\C=CC(=N)N)c1ccc2c(c1)c1ccccc1n2-c1ccccc1)c1ccc2c(oc3ccccc32)c1N(C)C.C=C/C=C\C.c1ccccc1. The minimum absolute atomic E-state index is 0.0130. The number of aromatic nitrogens is 1. The lowest BCUT2D eigenvalue weighted by Crippen LogP contribution is -2.11. The number of nitrogens with zero attached hydrogens (tertiary/aromatic N) is 2. The van der Waals surface area contributed by atoms with Gasteiger partial charge in [-0.05, 0) is 91.1 Å². The van der Waals surface area contributed by atoms with E-state index in [0.717, 1.165) is 72.0 Å². The zero-order valence-corrected chi connectivity index (χ0v) is 35.3. The van der Waals surface area contributed by atoms with Gasteiger partial charge in [0.15, 0.2) is 5.58 Å². The quantitative estimate of drug-likeness (QED) is 0.0914. The van der Waals surface area contributed by atoms with Gasteiger partial charge in [0.2, 0.25) is 0 Å². The van der Waals surface area contributed by atoms with E-state index in [9.17, 15) is 0 Å². The Kier molecular flexibility index (Phi) is 15.1. The van der Waals surface area contributed by atoms with Crippen LogP contribution in [0.15, 0.2) is 224 Å². The van der Waals surface area contributed by atoms with E-state index >= 15 is 0 Å². The number of nitrogens with one attached hydrogen (secondary N) is 1. The van der Waals surface area contributed by atoms with Crippen LogP contribution in [0.5, 0.6) is 0 Å². The highest BCUT2D eigenvalue weighted by molar-refractivity contribution is 6.12. The molecule has 8 aromatic rings. The van der Waals surface area contributed by atoms with Crippen molar-refractivity contribution in [3.05, 3.63) is 231 Å². The van der Waals surface area contributed by atoms with E-state index in [1.54, 1.807) is 12.2 Å². The maximum Gasteiger partial charge on any atom is 0.159 e. The Balaban J connectivity index is 0.000000305. The number of hydrogen-bond donors (Lipinski definition) is 2. The van der Waals surface area contributed by atoms with Gasteiger partial charge in [-0.15, -0.1) is 0 Å². The van der Waals surface area contributed by atoms with Crippen molar-refractivity contribution in [2.24, 2.45) is 5.73 Å². The molecule has 2 heterocycles. The van der Waals surface area contributed by atoms with Gasteiger partial charge in [0, 0.05) is 46.9 Å². The van der Waals surface area contributed by atoms with Crippen molar-refractivity contribution in [3.63, 3.8) is 0 Å². The molecule has 9 rings (SSSR count). The van der Waals surface area contributed by atoms with Gasteiger partial charge in [0.1, 0.15) is 11.4 Å². The van der Waals surface area contributed by atoms with Gasteiger partial charge in [0.25, 0.3) is 0 Å². The van der Waals surface area contributed by atoms with Gasteiger partial charge in [-0.2, -0.15) is 0 Å². The molecule has 0 saturated heterocycles. The molecule has 0 unspecified atom stereocenters. The molecule has 0 amide bonds. The molecule has 0 spiro atoms. The van der Waals surface area contributed by atoms with Crippen molar-refractivity contribution in [2.45, 2.75) is 19.8 Å². The molecule has 5 heteroatoms. The molecule has 1 aliphatic rings. The van der Waals surface area contributed by atoms with Crippen molar-refractivity contribution in [3.8, 4) is 5.69 Å². The molecule has 2 aromatic heterocycles. The third kappa shape index (κ3) is 10.7. The van der Waals surface area contributed by atoms with Crippen LogP contribution in [0.1, 0.15) is 30.9 Å². The normalized spacial score (nSPS) is 12.1. The Bertz CT molecular complexity index is 2860. The predicted molar refractivity (Wildman–Crippen MR) is 266 cm³/mol. The van der Waals surface area contributed by atoms with E-state index in [1.807, 2.05) is 99.9 Å². The zero-order valence-electron chi connectivity index (χ0n) is 35.3. The first-order chi connectivity index (χ1) is 29.8. The van der Waals surface area contributed by atoms with Crippen LogP contribution in [-0.2, 0) is 0 Å². The zero-order chi connectivity index (χ0) is 43.0. The maximum absolute atomic E-state index is 7.89. The monoisotopic (exact) mass is 798 g/mol. The average molecular weight is 799 g/mol. The molecule has 0 fully saturated rings.